The van der Waals surface area contributed by atoms with Crippen molar-refractivity contribution in [2.75, 3.05) is 7.11 Å². The third kappa shape index (κ3) is 2.18. The van der Waals surface area contributed by atoms with Crippen LogP contribution in [0.3, 0.4) is 0 Å². The van der Waals surface area contributed by atoms with Crippen molar-refractivity contribution in [1.29, 1.82) is 0 Å². The summed E-state index contributed by atoms with van der Waals surface area (Å²) >= 11 is 0. The molecule has 0 saturated heterocycles. The van der Waals surface area contributed by atoms with E-state index in [0.29, 0.717) is 5.56 Å². The SMILES string of the molecule is COC(=O)c1ccccc1-c1ccncc1C. The minimum atomic E-state index is -0.322. The van der Waals surface area contributed by atoms with Gasteiger partial charge in [0.1, 0.15) is 0 Å². The first kappa shape index (κ1) is 11.3. The van der Waals surface area contributed by atoms with E-state index in [2.05, 4.69) is 4.98 Å². The fourth-order valence-electron chi connectivity index (χ4n) is 1.78. The van der Waals surface area contributed by atoms with Crippen molar-refractivity contribution >= 4 is 5.97 Å². The largest absolute Gasteiger partial charge is 0.465 e. The molecule has 1 aromatic carbocycles. The molecule has 3 heteroatoms. The van der Waals surface area contributed by atoms with E-state index in [1.807, 2.05) is 31.2 Å². The maximum atomic E-state index is 11.7. The van der Waals surface area contributed by atoms with Crippen molar-refractivity contribution in [2.45, 2.75) is 6.92 Å². The van der Waals surface area contributed by atoms with Crippen LogP contribution in [-0.4, -0.2) is 18.1 Å². The molecule has 2 rings (SSSR count). The van der Waals surface area contributed by atoms with Gasteiger partial charge in [-0.15, -0.1) is 0 Å². The highest BCUT2D eigenvalue weighted by atomic mass is 16.5. The molecule has 1 heterocycles. The third-order valence-corrected chi connectivity index (χ3v) is 2.64. The van der Waals surface area contributed by atoms with Crippen LogP contribution in [-0.2, 0) is 4.74 Å². The summed E-state index contributed by atoms with van der Waals surface area (Å²) in [6, 6.07) is 9.31. The van der Waals surface area contributed by atoms with E-state index >= 15 is 0 Å². The number of methoxy groups -OCH3 is 1. The number of aromatic nitrogens is 1. The summed E-state index contributed by atoms with van der Waals surface area (Å²) < 4.78 is 4.78. The summed E-state index contributed by atoms with van der Waals surface area (Å²) in [5.74, 6) is -0.322. The molecule has 0 aliphatic carbocycles. The van der Waals surface area contributed by atoms with Crippen LogP contribution in [0, 0.1) is 6.92 Å². The van der Waals surface area contributed by atoms with Crippen LogP contribution < -0.4 is 0 Å². The summed E-state index contributed by atoms with van der Waals surface area (Å²) in [4.78, 5) is 15.7. The van der Waals surface area contributed by atoms with Gasteiger partial charge in [0, 0.05) is 12.4 Å². The molecule has 3 nitrogen and oxygen atoms in total. The molecule has 1 aromatic heterocycles. The molecule has 0 unspecified atom stereocenters. The van der Waals surface area contributed by atoms with Crippen LogP contribution in [0.5, 0.6) is 0 Å². The summed E-state index contributed by atoms with van der Waals surface area (Å²) in [6.07, 6.45) is 3.50. The second-order valence-corrected chi connectivity index (χ2v) is 3.73. The van der Waals surface area contributed by atoms with Gasteiger partial charge in [0.25, 0.3) is 0 Å². The predicted molar refractivity (Wildman–Crippen MR) is 65.7 cm³/mol. The van der Waals surface area contributed by atoms with Gasteiger partial charge in [0.15, 0.2) is 0 Å². The lowest BCUT2D eigenvalue weighted by Crippen LogP contribution is -2.03. The Balaban J connectivity index is 2.60. The molecule has 0 N–H and O–H groups in total. The van der Waals surface area contributed by atoms with E-state index in [-0.39, 0.29) is 5.97 Å². The second kappa shape index (κ2) is 4.78. The molecule has 86 valence electrons. The van der Waals surface area contributed by atoms with Gasteiger partial charge in [-0.25, -0.2) is 4.79 Å². The molecule has 17 heavy (non-hydrogen) atoms. The van der Waals surface area contributed by atoms with Crippen molar-refractivity contribution in [3.63, 3.8) is 0 Å². The van der Waals surface area contributed by atoms with E-state index in [4.69, 9.17) is 4.74 Å². The van der Waals surface area contributed by atoms with Crippen LogP contribution in [0.4, 0.5) is 0 Å². The first-order valence-corrected chi connectivity index (χ1v) is 5.32. The molecule has 0 atom stereocenters. The Bertz CT molecular complexity index is 549. The van der Waals surface area contributed by atoms with Gasteiger partial charge in [-0.2, -0.15) is 0 Å². The van der Waals surface area contributed by atoms with Crippen LogP contribution in [0.15, 0.2) is 42.7 Å². The molecule has 2 aromatic rings. The predicted octanol–water partition coefficient (Wildman–Crippen LogP) is 2.84. The Labute approximate surface area is 100 Å². The van der Waals surface area contributed by atoms with Gasteiger partial charge in [-0.1, -0.05) is 18.2 Å². The van der Waals surface area contributed by atoms with E-state index in [1.165, 1.54) is 7.11 Å². The quantitative estimate of drug-likeness (QED) is 0.740. The zero-order valence-corrected chi connectivity index (χ0v) is 9.81. The number of pyridine rings is 1. The Hall–Kier alpha value is -2.16. The zero-order valence-electron chi connectivity index (χ0n) is 9.81. The van der Waals surface area contributed by atoms with Crippen molar-refractivity contribution in [1.82, 2.24) is 4.98 Å². The number of carbonyl (C=O) groups excluding carboxylic acids is 1. The average Bonchev–Trinajstić information content (AvgIpc) is 2.38. The molecule has 0 radical (unpaired) electrons. The van der Waals surface area contributed by atoms with Crippen LogP contribution >= 0.6 is 0 Å². The Morgan fingerprint density at radius 3 is 2.65 bits per heavy atom. The molecule has 0 fully saturated rings. The number of esters is 1. The highest BCUT2D eigenvalue weighted by molar-refractivity contribution is 5.97. The number of ether oxygens (including phenoxy) is 1. The number of rotatable bonds is 2. The highest BCUT2D eigenvalue weighted by Crippen LogP contribution is 2.26. The summed E-state index contributed by atoms with van der Waals surface area (Å²) in [6.45, 7) is 1.97. The number of aryl methyl sites for hydroxylation is 1. The third-order valence-electron chi connectivity index (χ3n) is 2.64. The lowest BCUT2D eigenvalue weighted by atomic mass is 9.97. The highest BCUT2D eigenvalue weighted by Gasteiger charge is 2.13. The fraction of sp³-hybridized carbons (Fsp3) is 0.143. The molecule has 0 aliphatic rings. The van der Waals surface area contributed by atoms with Crippen LogP contribution in [0.1, 0.15) is 15.9 Å². The zero-order chi connectivity index (χ0) is 12.3. The number of nitrogens with zero attached hydrogens (tertiary/aromatic N) is 1. The monoisotopic (exact) mass is 227 g/mol. The van der Waals surface area contributed by atoms with E-state index < -0.39 is 0 Å². The average molecular weight is 227 g/mol. The summed E-state index contributed by atoms with van der Waals surface area (Å²) in [7, 11) is 1.39. The smallest absolute Gasteiger partial charge is 0.338 e. The second-order valence-electron chi connectivity index (χ2n) is 3.73. The number of benzene rings is 1. The van der Waals surface area contributed by atoms with Crippen molar-refractivity contribution < 1.29 is 9.53 Å². The molecule has 0 spiro atoms. The van der Waals surface area contributed by atoms with Crippen LogP contribution in [0.25, 0.3) is 11.1 Å². The minimum Gasteiger partial charge on any atom is -0.465 e. The van der Waals surface area contributed by atoms with E-state index in [0.717, 1.165) is 16.7 Å². The Kier molecular flexibility index (Phi) is 3.19. The molecule has 0 saturated carbocycles. The lowest BCUT2D eigenvalue weighted by molar-refractivity contribution is 0.0601. The van der Waals surface area contributed by atoms with Gasteiger partial charge in [-0.3, -0.25) is 4.98 Å². The molecule has 0 bridgehead atoms. The van der Waals surface area contributed by atoms with Gasteiger partial charge < -0.3 is 4.74 Å². The fourth-order valence-corrected chi connectivity index (χ4v) is 1.78. The first-order valence-electron chi connectivity index (χ1n) is 5.32. The summed E-state index contributed by atoms with van der Waals surface area (Å²) in [5, 5.41) is 0. The van der Waals surface area contributed by atoms with Crippen molar-refractivity contribution in [3.05, 3.63) is 53.9 Å². The van der Waals surface area contributed by atoms with Crippen molar-refractivity contribution in [2.24, 2.45) is 0 Å². The molecule has 0 amide bonds. The lowest BCUT2D eigenvalue weighted by Gasteiger charge is -2.09. The maximum Gasteiger partial charge on any atom is 0.338 e. The molecule has 0 aliphatic heterocycles. The van der Waals surface area contributed by atoms with E-state index in [9.17, 15) is 4.79 Å². The number of carbonyl (C=O) groups is 1. The topological polar surface area (TPSA) is 39.2 Å². The van der Waals surface area contributed by atoms with Crippen molar-refractivity contribution in [3.8, 4) is 11.1 Å². The minimum absolute atomic E-state index is 0.322. The normalized spacial score (nSPS) is 10.0. The maximum absolute atomic E-state index is 11.7. The summed E-state index contributed by atoms with van der Waals surface area (Å²) in [5.41, 5.74) is 3.48. The standard InChI is InChI=1S/C14H13NO2/c1-10-9-15-8-7-11(10)12-5-3-4-6-13(12)14(16)17-2/h3-9H,1-2H3. The van der Waals surface area contributed by atoms with Gasteiger partial charge in [0.05, 0.1) is 12.7 Å². The van der Waals surface area contributed by atoms with Gasteiger partial charge in [0.2, 0.25) is 0 Å². The number of hydrogen-bond donors (Lipinski definition) is 0. The molecular weight excluding hydrogens is 214 g/mol. The van der Waals surface area contributed by atoms with Gasteiger partial charge >= 0.3 is 5.97 Å². The Morgan fingerprint density at radius 1 is 1.18 bits per heavy atom. The van der Waals surface area contributed by atoms with Gasteiger partial charge in [-0.05, 0) is 35.7 Å². The first-order chi connectivity index (χ1) is 8.24. The van der Waals surface area contributed by atoms with E-state index in [1.54, 1.807) is 18.5 Å². The molecular formula is C14H13NO2. The number of hydrogen-bond acceptors (Lipinski definition) is 3. The van der Waals surface area contributed by atoms with Crippen LogP contribution in [0.2, 0.25) is 0 Å². The Morgan fingerprint density at radius 2 is 1.94 bits per heavy atom.